The van der Waals surface area contributed by atoms with Gasteiger partial charge in [0, 0.05) is 11.3 Å². The molecule has 3 aromatic rings. The average molecular weight is 593 g/mol. The minimum absolute atomic E-state index is 0.177. The van der Waals surface area contributed by atoms with E-state index in [4.69, 9.17) is 23.4 Å². The summed E-state index contributed by atoms with van der Waals surface area (Å²) in [6, 6.07) is 14.0. The predicted molar refractivity (Wildman–Crippen MR) is 154 cm³/mol. The van der Waals surface area contributed by atoms with Crippen molar-refractivity contribution in [2.24, 2.45) is 5.10 Å². The first kappa shape index (κ1) is 30.7. The lowest BCUT2D eigenvalue weighted by molar-refractivity contribution is -0.136. The number of aliphatic hydroxyl groups excluding tert-OH is 1. The maximum Gasteiger partial charge on any atom is 0.337 e. The van der Waals surface area contributed by atoms with Crippen molar-refractivity contribution in [2.45, 2.75) is 26.1 Å². The fourth-order valence-electron chi connectivity index (χ4n) is 4.27. The predicted octanol–water partition coefficient (Wildman–Crippen LogP) is 3.25. The van der Waals surface area contributed by atoms with Crippen LogP contribution in [0.15, 0.2) is 75.4 Å². The number of methoxy groups -OCH3 is 2. The summed E-state index contributed by atoms with van der Waals surface area (Å²) in [6.45, 7) is 3.56. The number of hydrogen-bond donors (Lipinski definition) is 4. The van der Waals surface area contributed by atoms with Crippen LogP contribution in [0.1, 0.15) is 41.6 Å². The van der Waals surface area contributed by atoms with Crippen LogP contribution in [0.5, 0.6) is 11.5 Å². The third kappa shape index (κ3) is 7.51. The molecule has 1 aromatic heterocycles. The number of urea groups is 1. The van der Waals surface area contributed by atoms with Crippen LogP contribution >= 0.6 is 0 Å². The molecule has 13 nitrogen and oxygen atoms in total. The number of furan rings is 1. The highest BCUT2D eigenvalue weighted by atomic mass is 16.5. The van der Waals surface area contributed by atoms with E-state index in [2.05, 4.69) is 21.2 Å². The van der Waals surface area contributed by atoms with E-state index in [1.54, 1.807) is 68.4 Å². The molecule has 0 unspecified atom stereocenters. The van der Waals surface area contributed by atoms with Gasteiger partial charge in [-0.2, -0.15) is 5.10 Å². The van der Waals surface area contributed by atoms with Gasteiger partial charge in [-0.25, -0.2) is 14.4 Å². The topological polar surface area (TPSA) is 170 Å². The molecule has 0 spiro atoms. The highest BCUT2D eigenvalue weighted by Gasteiger charge is 2.32. The Hall–Kier alpha value is -5.30. The Morgan fingerprint density at radius 2 is 1.79 bits per heavy atom. The first-order valence-corrected chi connectivity index (χ1v) is 13.2. The number of nitrogens with zero attached hydrogens (tertiary/aromatic N) is 1. The first-order valence-electron chi connectivity index (χ1n) is 13.2. The maximum atomic E-state index is 12.4. The van der Waals surface area contributed by atoms with Gasteiger partial charge in [0.15, 0.2) is 17.7 Å². The second-order valence-corrected chi connectivity index (χ2v) is 9.19. The number of hydrogen-bond acceptors (Lipinski definition) is 11. The van der Waals surface area contributed by atoms with Crippen molar-refractivity contribution < 1.29 is 42.9 Å². The van der Waals surface area contributed by atoms with Gasteiger partial charge in [0.25, 0.3) is 0 Å². The van der Waals surface area contributed by atoms with Crippen molar-refractivity contribution in [2.75, 3.05) is 27.4 Å². The van der Waals surface area contributed by atoms with E-state index in [1.165, 1.54) is 20.4 Å². The molecule has 0 saturated heterocycles. The lowest BCUT2D eigenvalue weighted by Gasteiger charge is -2.28. The number of nitrogens with one attached hydrogen (secondary N) is 3. The SMILES string of the molecule is CCOc1cc([C@H]2NC(=O)NC(C)=C2C(=O)OC)ccc1OC[C@H](O)N/N=C/c1ccc(-c2ccc(C(=O)OC)cc2)o1. The summed E-state index contributed by atoms with van der Waals surface area (Å²) in [5.41, 5.74) is 4.97. The number of allylic oxidation sites excluding steroid dienone is 1. The Morgan fingerprint density at radius 1 is 1.05 bits per heavy atom. The molecule has 2 atom stereocenters. The second kappa shape index (κ2) is 14.0. The van der Waals surface area contributed by atoms with Crippen LogP contribution in [0.3, 0.4) is 0 Å². The fraction of sp³-hybridized carbons (Fsp3) is 0.267. The summed E-state index contributed by atoms with van der Waals surface area (Å²) in [7, 11) is 2.59. The van der Waals surface area contributed by atoms with Gasteiger partial charge in [0.1, 0.15) is 18.1 Å². The number of carbonyl (C=O) groups excluding carboxylic acids is 3. The summed E-state index contributed by atoms with van der Waals surface area (Å²) < 4.78 is 26.8. The molecule has 43 heavy (non-hydrogen) atoms. The number of rotatable bonds is 12. The molecule has 0 radical (unpaired) electrons. The number of amides is 2. The smallest absolute Gasteiger partial charge is 0.337 e. The summed E-state index contributed by atoms with van der Waals surface area (Å²) in [4.78, 5) is 36.1. The Kier molecular flexibility index (Phi) is 10.0. The standard InChI is InChI=1S/C30H32N4O9/c1-5-41-24-14-20(27-26(29(37)40-4)17(2)32-30(38)33-27)10-12-23(24)42-16-25(35)34-31-15-21-11-13-22(43-21)18-6-8-19(9-7-18)28(36)39-3/h6-15,25,27,34-35H,5,16H2,1-4H3,(H2,32,33,38)/b31-15+/t25-,27+/m0/s1. The van der Waals surface area contributed by atoms with E-state index in [1.807, 2.05) is 0 Å². The molecule has 13 heteroatoms. The molecule has 4 N–H and O–H groups in total. The van der Waals surface area contributed by atoms with E-state index in [-0.39, 0.29) is 12.2 Å². The highest BCUT2D eigenvalue weighted by molar-refractivity contribution is 5.95. The first-order chi connectivity index (χ1) is 20.7. The van der Waals surface area contributed by atoms with Crippen LogP contribution in [0.4, 0.5) is 4.79 Å². The average Bonchev–Trinajstić information content (AvgIpc) is 3.48. The van der Waals surface area contributed by atoms with Gasteiger partial charge in [-0.3, -0.25) is 5.43 Å². The van der Waals surface area contributed by atoms with E-state index in [0.717, 1.165) is 5.56 Å². The molecule has 0 fully saturated rings. The number of aliphatic hydroxyl groups is 1. The summed E-state index contributed by atoms with van der Waals surface area (Å²) >= 11 is 0. The monoisotopic (exact) mass is 592 g/mol. The van der Waals surface area contributed by atoms with Crippen molar-refractivity contribution in [3.05, 3.63) is 82.8 Å². The number of esters is 2. The van der Waals surface area contributed by atoms with E-state index < -0.39 is 30.2 Å². The third-order valence-corrected chi connectivity index (χ3v) is 6.30. The Labute approximate surface area is 247 Å². The lowest BCUT2D eigenvalue weighted by atomic mass is 9.95. The quantitative estimate of drug-likeness (QED) is 0.106. The molecule has 0 bridgehead atoms. The molecular weight excluding hydrogens is 560 g/mol. The van der Waals surface area contributed by atoms with Gasteiger partial charge >= 0.3 is 18.0 Å². The Morgan fingerprint density at radius 3 is 2.49 bits per heavy atom. The van der Waals surface area contributed by atoms with Crippen LogP contribution in [-0.2, 0) is 14.3 Å². The van der Waals surface area contributed by atoms with Gasteiger partial charge < -0.3 is 39.1 Å². The van der Waals surface area contributed by atoms with E-state index in [0.29, 0.717) is 46.5 Å². The molecule has 2 aromatic carbocycles. The number of hydrazone groups is 1. The minimum atomic E-state index is -1.18. The molecule has 4 rings (SSSR count). The van der Waals surface area contributed by atoms with E-state index >= 15 is 0 Å². The van der Waals surface area contributed by atoms with Crippen LogP contribution in [0, 0.1) is 0 Å². The molecule has 0 saturated carbocycles. The van der Waals surface area contributed by atoms with Crippen LogP contribution in [0.25, 0.3) is 11.3 Å². The van der Waals surface area contributed by atoms with Crippen LogP contribution in [-0.4, -0.2) is 63.0 Å². The van der Waals surface area contributed by atoms with Crippen molar-refractivity contribution in [3.63, 3.8) is 0 Å². The van der Waals surface area contributed by atoms with Crippen molar-refractivity contribution in [1.82, 2.24) is 16.1 Å². The molecule has 1 aliphatic heterocycles. The van der Waals surface area contributed by atoms with Gasteiger partial charge in [-0.1, -0.05) is 18.2 Å². The molecule has 1 aliphatic rings. The van der Waals surface area contributed by atoms with Crippen LogP contribution < -0.4 is 25.5 Å². The summed E-state index contributed by atoms with van der Waals surface area (Å²) in [5.74, 6) is 0.693. The Bertz CT molecular complexity index is 1530. The maximum absolute atomic E-state index is 12.4. The van der Waals surface area contributed by atoms with Gasteiger partial charge in [0.05, 0.1) is 44.2 Å². The number of ether oxygens (including phenoxy) is 4. The van der Waals surface area contributed by atoms with E-state index in [9.17, 15) is 19.5 Å². The largest absolute Gasteiger partial charge is 0.490 e. The highest BCUT2D eigenvalue weighted by Crippen LogP contribution is 2.35. The molecule has 2 heterocycles. The van der Waals surface area contributed by atoms with Gasteiger partial charge in [-0.15, -0.1) is 0 Å². The van der Waals surface area contributed by atoms with Crippen molar-refractivity contribution in [1.29, 1.82) is 0 Å². The van der Waals surface area contributed by atoms with Gasteiger partial charge in [0.2, 0.25) is 0 Å². The summed E-state index contributed by atoms with van der Waals surface area (Å²) in [6.07, 6.45) is 0.225. The van der Waals surface area contributed by atoms with Crippen molar-refractivity contribution in [3.8, 4) is 22.8 Å². The van der Waals surface area contributed by atoms with Gasteiger partial charge in [-0.05, 0) is 55.8 Å². The Balaban J connectivity index is 1.37. The summed E-state index contributed by atoms with van der Waals surface area (Å²) in [5, 5.41) is 19.7. The van der Waals surface area contributed by atoms with Crippen molar-refractivity contribution >= 4 is 24.2 Å². The molecule has 2 amide bonds. The normalized spacial score (nSPS) is 15.4. The molecular formula is C30H32N4O9. The zero-order valence-corrected chi connectivity index (χ0v) is 24.0. The fourth-order valence-corrected chi connectivity index (χ4v) is 4.27. The van der Waals surface area contributed by atoms with Crippen LogP contribution in [0.2, 0.25) is 0 Å². The second-order valence-electron chi connectivity index (χ2n) is 9.19. The zero-order chi connectivity index (χ0) is 30.9. The number of carbonyl (C=O) groups is 3. The minimum Gasteiger partial charge on any atom is -0.490 e. The third-order valence-electron chi connectivity index (χ3n) is 6.30. The number of benzene rings is 2. The zero-order valence-electron chi connectivity index (χ0n) is 24.0. The lowest BCUT2D eigenvalue weighted by Crippen LogP contribution is -2.45. The molecule has 226 valence electrons. The molecule has 0 aliphatic carbocycles.